The number of amides is 1. The largest absolute Gasteiger partial charge is 0.322 e. The molecule has 6 heteroatoms. The van der Waals surface area contributed by atoms with Crippen LogP contribution in [0.25, 0.3) is 0 Å². The average molecular weight is 407 g/mol. The molecule has 0 aliphatic carbocycles. The number of aryl methyl sites for hydroxylation is 1. The van der Waals surface area contributed by atoms with Crippen molar-refractivity contribution in [1.82, 2.24) is 4.31 Å². The zero-order chi connectivity index (χ0) is 20.4. The van der Waals surface area contributed by atoms with E-state index in [0.717, 1.165) is 11.1 Å². The van der Waals surface area contributed by atoms with Crippen LogP contribution < -0.4 is 5.32 Å². The molecule has 29 heavy (non-hydrogen) atoms. The zero-order valence-corrected chi connectivity index (χ0v) is 16.9. The molecule has 0 fully saturated rings. The quantitative estimate of drug-likeness (QED) is 0.712. The number of carbonyl (C=O) groups excluding carboxylic acids is 1. The van der Waals surface area contributed by atoms with E-state index in [1.807, 2.05) is 55.5 Å². The van der Waals surface area contributed by atoms with Crippen molar-refractivity contribution < 1.29 is 13.2 Å². The van der Waals surface area contributed by atoms with Crippen molar-refractivity contribution in [2.45, 2.75) is 24.8 Å². The van der Waals surface area contributed by atoms with E-state index in [9.17, 15) is 13.2 Å². The number of benzene rings is 3. The highest BCUT2D eigenvalue weighted by Gasteiger charge is 2.28. The lowest BCUT2D eigenvalue weighted by atomic mass is 10.0. The van der Waals surface area contributed by atoms with Gasteiger partial charge in [-0.3, -0.25) is 4.79 Å². The summed E-state index contributed by atoms with van der Waals surface area (Å²) in [6.45, 7) is 2.80. The molecule has 0 saturated carbocycles. The number of hydrogen-bond donors (Lipinski definition) is 1. The van der Waals surface area contributed by atoms with Crippen molar-refractivity contribution in [2.75, 3.05) is 11.9 Å². The first-order valence-electron chi connectivity index (χ1n) is 9.48. The lowest BCUT2D eigenvalue weighted by Gasteiger charge is -2.28. The summed E-state index contributed by atoms with van der Waals surface area (Å²) >= 11 is 0. The van der Waals surface area contributed by atoms with Gasteiger partial charge in [0.2, 0.25) is 10.0 Å². The second-order valence-corrected chi connectivity index (χ2v) is 9.14. The van der Waals surface area contributed by atoms with Crippen LogP contribution in [0, 0.1) is 6.92 Å². The molecule has 4 rings (SSSR count). The van der Waals surface area contributed by atoms with Crippen molar-refractivity contribution in [3.63, 3.8) is 0 Å². The Morgan fingerprint density at radius 3 is 2.24 bits per heavy atom. The third-order valence-electron chi connectivity index (χ3n) is 5.16. The van der Waals surface area contributed by atoms with E-state index >= 15 is 0 Å². The fraction of sp³-hybridized carbons (Fsp3) is 0.174. The number of nitrogens with zero attached hydrogens (tertiary/aromatic N) is 1. The molecule has 0 bridgehead atoms. The Bertz CT molecular complexity index is 1140. The topological polar surface area (TPSA) is 66.5 Å². The van der Waals surface area contributed by atoms with Crippen LogP contribution in [0.2, 0.25) is 0 Å². The first-order chi connectivity index (χ1) is 13.9. The van der Waals surface area contributed by atoms with E-state index in [0.29, 0.717) is 30.8 Å². The van der Waals surface area contributed by atoms with E-state index in [2.05, 4.69) is 5.32 Å². The molecule has 0 atom stereocenters. The lowest BCUT2D eigenvalue weighted by Crippen LogP contribution is -2.35. The van der Waals surface area contributed by atoms with Crippen molar-refractivity contribution in [2.24, 2.45) is 0 Å². The highest BCUT2D eigenvalue weighted by atomic mass is 32.2. The third kappa shape index (κ3) is 4.09. The van der Waals surface area contributed by atoms with E-state index in [4.69, 9.17) is 0 Å². The van der Waals surface area contributed by atoms with Gasteiger partial charge < -0.3 is 5.32 Å². The molecule has 0 saturated heterocycles. The van der Waals surface area contributed by atoms with Gasteiger partial charge in [0.15, 0.2) is 0 Å². The summed E-state index contributed by atoms with van der Waals surface area (Å²) in [6.07, 6.45) is 0.701. The van der Waals surface area contributed by atoms with Gasteiger partial charge in [0.05, 0.1) is 4.90 Å². The first-order valence-corrected chi connectivity index (χ1v) is 10.9. The van der Waals surface area contributed by atoms with Crippen molar-refractivity contribution in [3.05, 3.63) is 95.1 Å². The molecule has 0 aromatic heterocycles. The molecule has 3 aromatic rings. The normalized spacial score (nSPS) is 14.2. The van der Waals surface area contributed by atoms with Crippen LogP contribution >= 0.6 is 0 Å². The van der Waals surface area contributed by atoms with E-state index in [-0.39, 0.29) is 10.8 Å². The summed E-state index contributed by atoms with van der Waals surface area (Å²) < 4.78 is 27.5. The number of carbonyl (C=O) groups is 1. The number of hydrogen-bond acceptors (Lipinski definition) is 3. The summed E-state index contributed by atoms with van der Waals surface area (Å²) in [4.78, 5) is 12.6. The average Bonchev–Trinajstić information content (AvgIpc) is 2.75. The lowest BCUT2D eigenvalue weighted by molar-refractivity contribution is 0.102. The molecule has 0 radical (unpaired) electrons. The van der Waals surface area contributed by atoms with Crippen molar-refractivity contribution >= 4 is 21.6 Å². The second-order valence-electron chi connectivity index (χ2n) is 7.20. The highest BCUT2D eigenvalue weighted by molar-refractivity contribution is 7.89. The Kier molecular flexibility index (Phi) is 5.22. The van der Waals surface area contributed by atoms with Crippen LogP contribution in [0.15, 0.2) is 77.7 Å². The summed E-state index contributed by atoms with van der Waals surface area (Å²) in [5.41, 5.74) is 4.45. The monoisotopic (exact) mass is 406 g/mol. The Morgan fingerprint density at radius 1 is 0.897 bits per heavy atom. The number of anilines is 1. The van der Waals surface area contributed by atoms with Gasteiger partial charge in [0, 0.05) is 24.3 Å². The van der Waals surface area contributed by atoms with Crippen LogP contribution in [0.1, 0.15) is 27.0 Å². The minimum Gasteiger partial charge on any atom is -0.322 e. The van der Waals surface area contributed by atoms with Crippen LogP contribution in [0.4, 0.5) is 5.69 Å². The summed E-state index contributed by atoms with van der Waals surface area (Å²) in [5.74, 6) is -0.273. The molecule has 0 unspecified atom stereocenters. The first kappa shape index (κ1) is 19.4. The minimum atomic E-state index is -3.61. The van der Waals surface area contributed by atoms with E-state index in [1.165, 1.54) is 22.0 Å². The molecular weight excluding hydrogens is 384 g/mol. The summed E-state index contributed by atoms with van der Waals surface area (Å²) in [7, 11) is -3.61. The van der Waals surface area contributed by atoms with Gasteiger partial charge in [-0.1, -0.05) is 42.0 Å². The molecule has 1 aliphatic rings. The van der Waals surface area contributed by atoms with E-state index in [1.54, 1.807) is 12.1 Å². The SMILES string of the molecule is Cc1ccc(NC(=O)c2ccc(S(=O)(=O)N3CCc4ccccc4C3)cc2)cc1. The van der Waals surface area contributed by atoms with Gasteiger partial charge in [-0.05, 0) is 60.9 Å². The molecular formula is C23H22N2O3S. The zero-order valence-electron chi connectivity index (χ0n) is 16.1. The molecule has 1 heterocycles. The molecule has 3 aromatic carbocycles. The number of nitrogens with one attached hydrogen (secondary N) is 1. The Morgan fingerprint density at radius 2 is 1.55 bits per heavy atom. The third-order valence-corrected chi connectivity index (χ3v) is 7.02. The van der Waals surface area contributed by atoms with Crippen molar-refractivity contribution in [3.8, 4) is 0 Å². The maximum Gasteiger partial charge on any atom is 0.255 e. The Labute approximate surface area is 171 Å². The molecule has 1 N–H and O–H groups in total. The number of rotatable bonds is 4. The maximum atomic E-state index is 13.0. The summed E-state index contributed by atoms with van der Waals surface area (Å²) in [6, 6.07) is 21.5. The fourth-order valence-corrected chi connectivity index (χ4v) is 4.86. The number of sulfonamides is 1. The Balaban J connectivity index is 1.49. The Hall–Kier alpha value is -2.96. The predicted molar refractivity (Wildman–Crippen MR) is 113 cm³/mol. The van der Waals surface area contributed by atoms with Gasteiger partial charge in [-0.15, -0.1) is 0 Å². The molecule has 148 valence electrons. The predicted octanol–water partition coefficient (Wildman–Crippen LogP) is 3.99. The molecule has 1 aliphatic heterocycles. The highest BCUT2D eigenvalue weighted by Crippen LogP contribution is 2.25. The second kappa shape index (κ2) is 7.81. The van der Waals surface area contributed by atoms with Crippen LogP contribution in [0.5, 0.6) is 0 Å². The van der Waals surface area contributed by atoms with E-state index < -0.39 is 10.0 Å². The van der Waals surface area contributed by atoms with Gasteiger partial charge in [0.1, 0.15) is 0 Å². The standard InChI is InChI=1S/C23H22N2O3S/c1-17-6-10-21(11-7-17)24-23(26)19-8-12-22(13-9-19)29(27,28)25-15-14-18-4-2-3-5-20(18)16-25/h2-13H,14-16H2,1H3,(H,24,26). The van der Waals surface area contributed by atoms with Crippen molar-refractivity contribution in [1.29, 1.82) is 0 Å². The molecule has 5 nitrogen and oxygen atoms in total. The fourth-order valence-electron chi connectivity index (χ4n) is 3.44. The van der Waals surface area contributed by atoms with Gasteiger partial charge in [-0.25, -0.2) is 8.42 Å². The number of fused-ring (bicyclic) bond motifs is 1. The van der Waals surface area contributed by atoms with Crippen LogP contribution in [-0.2, 0) is 23.0 Å². The van der Waals surface area contributed by atoms with Gasteiger partial charge >= 0.3 is 0 Å². The molecule has 0 spiro atoms. The smallest absolute Gasteiger partial charge is 0.255 e. The van der Waals surface area contributed by atoms with Crippen LogP contribution in [0.3, 0.4) is 0 Å². The molecule has 1 amide bonds. The summed E-state index contributed by atoms with van der Waals surface area (Å²) in [5, 5.41) is 2.82. The minimum absolute atomic E-state index is 0.198. The van der Waals surface area contributed by atoms with Crippen LogP contribution in [-0.4, -0.2) is 25.2 Å². The van der Waals surface area contributed by atoms with Gasteiger partial charge in [-0.2, -0.15) is 4.31 Å². The maximum absolute atomic E-state index is 13.0. The van der Waals surface area contributed by atoms with Gasteiger partial charge in [0.25, 0.3) is 5.91 Å².